The number of hydrogen-bond acceptors (Lipinski definition) is 4. The van der Waals surface area contributed by atoms with Crippen LogP contribution < -0.4 is 9.47 Å². The average Bonchev–Trinajstić information content (AvgIpc) is 3.55. The third-order valence-electron chi connectivity index (χ3n) is 11.1. The van der Waals surface area contributed by atoms with Gasteiger partial charge in [0.2, 0.25) is 0 Å². The maximum atomic E-state index is 6.71. The molecule has 0 N–H and O–H groups in total. The van der Waals surface area contributed by atoms with E-state index in [1.165, 1.54) is 33.2 Å². The van der Waals surface area contributed by atoms with Crippen LogP contribution >= 0.6 is 0 Å². The van der Waals surface area contributed by atoms with E-state index in [0.29, 0.717) is 23.0 Å². The normalized spacial score (nSPS) is 13.2. The predicted molar refractivity (Wildman–Crippen MR) is 220 cm³/mol. The Morgan fingerprint density at radius 2 is 0.945 bits per heavy atom. The number of rotatable bonds is 5. The lowest BCUT2D eigenvalue weighted by atomic mass is 9.67. The van der Waals surface area contributed by atoms with E-state index in [1.54, 1.807) is 0 Å². The van der Waals surface area contributed by atoms with Crippen molar-refractivity contribution in [2.24, 2.45) is 0 Å². The Labute approximate surface area is 319 Å². The van der Waals surface area contributed by atoms with Crippen LogP contribution in [0.2, 0.25) is 0 Å². The van der Waals surface area contributed by atoms with Crippen molar-refractivity contribution in [3.05, 3.63) is 216 Å². The van der Waals surface area contributed by atoms with Gasteiger partial charge in [0.1, 0.15) is 0 Å². The third-order valence-corrected chi connectivity index (χ3v) is 11.1. The molecule has 0 fully saturated rings. The molecule has 2 heterocycles. The molecule has 9 aromatic rings. The summed E-state index contributed by atoms with van der Waals surface area (Å²) >= 11 is 0. The maximum Gasteiger partial charge on any atom is 0.170 e. The molecule has 1 aromatic heterocycles. The van der Waals surface area contributed by atoms with E-state index < -0.39 is 5.41 Å². The Kier molecular flexibility index (Phi) is 7.04. The molecule has 0 spiro atoms. The highest BCUT2D eigenvalue weighted by Crippen LogP contribution is 2.59. The van der Waals surface area contributed by atoms with Gasteiger partial charge in [-0.05, 0) is 97.7 Å². The van der Waals surface area contributed by atoms with Gasteiger partial charge in [-0.25, -0.2) is 0 Å². The lowest BCUT2D eigenvalue weighted by Crippen LogP contribution is -2.28. The molecule has 0 atom stereocenters. The summed E-state index contributed by atoms with van der Waals surface area (Å²) in [4.78, 5) is 0. The highest BCUT2D eigenvalue weighted by Gasteiger charge is 2.47. The summed E-state index contributed by atoms with van der Waals surface area (Å²) in [6, 6.07) is 68.0. The van der Waals surface area contributed by atoms with E-state index in [9.17, 15) is 0 Å². The Morgan fingerprint density at radius 1 is 0.345 bits per heavy atom. The molecule has 4 heteroatoms. The zero-order chi connectivity index (χ0) is 36.3. The molecule has 55 heavy (non-hydrogen) atoms. The quantitative estimate of drug-likeness (QED) is 0.179. The molecule has 2 aliphatic rings. The van der Waals surface area contributed by atoms with Crippen LogP contribution in [-0.4, -0.2) is 10.2 Å². The van der Waals surface area contributed by atoms with Crippen LogP contribution in [0.1, 0.15) is 22.3 Å². The molecule has 258 valence electrons. The molecule has 0 amide bonds. The maximum absolute atomic E-state index is 6.71. The van der Waals surface area contributed by atoms with E-state index in [2.05, 4.69) is 192 Å². The number of fused-ring (bicyclic) bond motifs is 6. The molecule has 0 saturated carbocycles. The first-order valence-corrected chi connectivity index (χ1v) is 18.6. The van der Waals surface area contributed by atoms with E-state index >= 15 is 0 Å². The van der Waals surface area contributed by atoms with Gasteiger partial charge in [-0.1, -0.05) is 152 Å². The highest BCUT2D eigenvalue weighted by atomic mass is 16.6. The van der Waals surface area contributed by atoms with Crippen molar-refractivity contribution in [3.63, 3.8) is 0 Å². The van der Waals surface area contributed by atoms with Crippen LogP contribution in [0.3, 0.4) is 0 Å². The molecule has 11 rings (SSSR count). The fourth-order valence-corrected chi connectivity index (χ4v) is 8.63. The SMILES string of the molecule is c1ccc(C2(c3ccccc3)c3ccccc3-c3cc4c(cc32)Oc2ccc(-c3cccc(-c5ccc(-c6cccc7ccccc67)nn5)c3)cc2O4)cc1. The molecule has 1 aliphatic carbocycles. The van der Waals surface area contributed by atoms with E-state index in [1.807, 2.05) is 12.1 Å². The van der Waals surface area contributed by atoms with Gasteiger partial charge in [-0.2, -0.15) is 0 Å². The molecular formula is C51H32N2O2. The fraction of sp³-hybridized carbons (Fsp3) is 0.0196. The van der Waals surface area contributed by atoms with E-state index in [-0.39, 0.29) is 0 Å². The standard InChI is InChI=1S/C51H32N2O2/c1-3-17-37(18-4-1)51(38-19-5-2-6-20-38)43-24-10-9-22-40(43)42-31-49-50(32-44(42)51)54-47-28-25-35(30-48(47)55-49)34-15-11-16-36(29-34)45-26-27-46(53-52-45)41-23-12-14-33-13-7-8-21-39(33)41/h1-32H. The molecule has 1 aliphatic heterocycles. The number of nitrogens with zero attached hydrogens (tertiary/aromatic N) is 2. The zero-order valence-corrected chi connectivity index (χ0v) is 29.7. The van der Waals surface area contributed by atoms with Crippen molar-refractivity contribution in [1.29, 1.82) is 0 Å². The first kappa shape index (κ1) is 31.2. The number of benzene rings is 8. The van der Waals surface area contributed by atoms with Crippen LogP contribution in [0.15, 0.2) is 194 Å². The minimum absolute atomic E-state index is 0.511. The minimum Gasteiger partial charge on any atom is -0.450 e. The molecule has 4 nitrogen and oxygen atoms in total. The van der Waals surface area contributed by atoms with Gasteiger partial charge in [0.05, 0.1) is 16.8 Å². The summed E-state index contributed by atoms with van der Waals surface area (Å²) in [6.07, 6.45) is 0. The smallest absolute Gasteiger partial charge is 0.170 e. The van der Waals surface area contributed by atoms with Crippen molar-refractivity contribution in [3.8, 4) is 67.8 Å². The summed E-state index contributed by atoms with van der Waals surface area (Å²) in [7, 11) is 0. The Morgan fingerprint density at radius 3 is 1.76 bits per heavy atom. The third kappa shape index (κ3) is 4.92. The lowest BCUT2D eigenvalue weighted by Gasteiger charge is -2.34. The predicted octanol–water partition coefficient (Wildman–Crippen LogP) is 12.9. The monoisotopic (exact) mass is 704 g/mol. The number of hydrogen-bond donors (Lipinski definition) is 0. The molecule has 0 unspecified atom stereocenters. The fourth-order valence-electron chi connectivity index (χ4n) is 8.63. The van der Waals surface area contributed by atoms with Crippen LogP contribution in [0.4, 0.5) is 0 Å². The topological polar surface area (TPSA) is 44.2 Å². The lowest BCUT2D eigenvalue weighted by molar-refractivity contribution is 0.359. The van der Waals surface area contributed by atoms with Gasteiger partial charge in [0.15, 0.2) is 23.0 Å². The molecular weight excluding hydrogens is 673 g/mol. The van der Waals surface area contributed by atoms with Gasteiger partial charge < -0.3 is 9.47 Å². The summed E-state index contributed by atoms with van der Waals surface area (Å²) in [5, 5.41) is 11.7. The highest BCUT2D eigenvalue weighted by molar-refractivity contribution is 5.96. The van der Waals surface area contributed by atoms with Crippen molar-refractivity contribution in [1.82, 2.24) is 10.2 Å². The molecule has 0 bridgehead atoms. The van der Waals surface area contributed by atoms with Crippen LogP contribution in [0.25, 0.3) is 55.5 Å². The Hall–Kier alpha value is -7.30. The van der Waals surface area contributed by atoms with Crippen LogP contribution in [0.5, 0.6) is 23.0 Å². The minimum atomic E-state index is -0.511. The van der Waals surface area contributed by atoms with Gasteiger partial charge in [-0.15, -0.1) is 10.2 Å². The largest absolute Gasteiger partial charge is 0.450 e. The van der Waals surface area contributed by atoms with Crippen molar-refractivity contribution < 1.29 is 9.47 Å². The first-order chi connectivity index (χ1) is 27.2. The van der Waals surface area contributed by atoms with Gasteiger partial charge in [-0.3, -0.25) is 0 Å². The van der Waals surface area contributed by atoms with Crippen molar-refractivity contribution >= 4 is 10.8 Å². The molecule has 0 radical (unpaired) electrons. The summed E-state index contributed by atoms with van der Waals surface area (Å²) in [6.45, 7) is 0. The Bertz CT molecular complexity index is 2880. The average molecular weight is 705 g/mol. The summed E-state index contributed by atoms with van der Waals surface area (Å²) < 4.78 is 13.4. The summed E-state index contributed by atoms with van der Waals surface area (Å²) in [5.74, 6) is 2.77. The first-order valence-electron chi connectivity index (χ1n) is 18.6. The zero-order valence-electron chi connectivity index (χ0n) is 29.7. The van der Waals surface area contributed by atoms with Gasteiger partial charge in [0.25, 0.3) is 0 Å². The Balaban J connectivity index is 0.944. The van der Waals surface area contributed by atoms with Crippen LogP contribution in [0, 0.1) is 0 Å². The van der Waals surface area contributed by atoms with Gasteiger partial charge in [0, 0.05) is 11.1 Å². The second kappa shape index (κ2) is 12.4. The molecule has 0 saturated heterocycles. The second-order valence-electron chi connectivity index (χ2n) is 14.1. The van der Waals surface area contributed by atoms with Crippen molar-refractivity contribution in [2.75, 3.05) is 0 Å². The van der Waals surface area contributed by atoms with E-state index in [4.69, 9.17) is 9.47 Å². The van der Waals surface area contributed by atoms with Crippen molar-refractivity contribution in [2.45, 2.75) is 5.41 Å². The number of aromatic nitrogens is 2. The van der Waals surface area contributed by atoms with E-state index in [0.717, 1.165) is 44.6 Å². The van der Waals surface area contributed by atoms with Gasteiger partial charge >= 0.3 is 0 Å². The second-order valence-corrected chi connectivity index (χ2v) is 14.1. The molecule has 8 aromatic carbocycles. The van der Waals surface area contributed by atoms with Crippen LogP contribution in [-0.2, 0) is 5.41 Å². The summed E-state index contributed by atoms with van der Waals surface area (Å²) in [5.41, 5.74) is 12.5. The number of ether oxygens (including phenoxy) is 2.